The number of hydrogen-bond donors (Lipinski definition) is 0. The van der Waals surface area contributed by atoms with Gasteiger partial charge in [0, 0.05) is 59.1 Å². The Morgan fingerprint density at radius 2 is 1.47 bits per heavy atom. The second kappa shape index (κ2) is 14.5. The van der Waals surface area contributed by atoms with Gasteiger partial charge in [-0.15, -0.1) is 41.0 Å². The molecule has 0 saturated carbocycles. The molecular weight excluding hydrogens is 924 g/mol. The SMILES string of the molecule is [2H]c1c([2H])c([2H])c(-c2ccc3sc4ccccc4c3c2-[n+]2[c-]n(-c3[c-]c(Oc4[c-]c5c(cc4)c4ccccc4n5-c4cc(C(C)(C)C)ccn4)ccc3)c3ccccc32)c([2H])c1[2H].[Pt]. The zero-order chi connectivity index (χ0) is 43.3. The number of imidazole rings is 1. The summed E-state index contributed by atoms with van der Waals surface area (Å²) < 4.78 is 58.1. The van der Waals surface area contributed by atoms with Crippen molar-refractivity contribution >= 4 is 64.3 Å². The molecule has 11 rings (SSSR count). The van der Waals surface area contributed by atoms with Crippen molar-refractivity contribution < 1.29 is 37.2 Å². The number of thiophene rings is 1. The van der Waals surface area contributed by atoms with Gasteiger partial charge in [0.15, 0.2) is 0 Å². The molecule has 0 N–H and O–H groups in total. The number of para-hydroxylation sites is 3. The molecule has 11 aromatic rings. The minimum Gasteiger partial charge on any atom is -0.510 e. The molecule has 0 amide bonds. The molecule has 0 spiro atoms. The molecule has 4 heterocycles. The standard InChI is InChI=1S/C52H36N4OS.Pt/c1-52(2,3)35-28-29-53-49(30-35)56-43-20-9-7-18-40(43)41-25-24-38(32-46(41)56)57-37-17-13-16-36(31-37)54-33-55(45-22-11-10-21-44(45)54)51-39(34-14-5-4-6-15-34)26-27-48-50(51)42-19-8-12-23-47(42)58-48;/h4-30H,1-3H3;/q-2;/i4D,5D,6D,14D,15D;. The summed E-state index contributed by atoms with van der Waals surface area (Å²) in [5.41, 5.74) is 6.54. The van der Waals surface area contributed by atoms with Crippen molar-refractivity contribution in [3.63, 3.8) is 0 Å². The Morgan fingerprint density at radius 3 is 2.32 bits per heavy atom. The minimum atomic E-state index is -0.436. The Kier molecular flexibility index (Phi) is 7.77. The summed E-state index contributed by atoms with van der Waals surface area (Å²) in [4.78, 5) is 4.82. The zero-order valence-corrected chi connectivity index (χ0v) is 35.2. The molecule has 5 nitrogen and oxygen atoms in total. The number of hydrogen-bond acceptors (Lipinski definition) is 3. The van der Waals surface area contributed by atoms with Gasteiger partial charge in [-0.05, 0) is 68.9 Å². The van der Waals surface area contributed by atoms with Crippen LogP contribution in [0.1, 0.15) is 33.2 Å². The van der Waals surface area contributed by atoms with E-state index in [2.05, 4.69) is 86.3 Å². The van der Waals surface area contributed by atoms with Crippen molar-refractivity contribution in [2.45, 2.75) is 26.2 Å². The molecular formula is C52H36N4OPtS-2. The van der Waals surface area contributed by atoms with Crippen LogP contribution in [0.3, 0.4) is 0 Å². The van der Waals surface area contributed by atoms with Gasteiger partial charge in [0.05, 0.1) is 23.6 Å². The van der Waals surface area contributed by atoms with Crippen LogP contribution in [0.15, 0.2) is 164 Å². The average molecular weight is 965 g/mol. The predicted molar refractivity (Wildman–Crippen MR) is 237 cm³/mol. The fraction of sp³-hybridized carbons (Fsp3) is 0.0769. The Labute approximate surface area is 367 Å². The van der Waals surface area contributed by atoms with Gasteiger partial charge >= 0.3 is 0 Å². The second-order valence-corrected chi connectivity index (χ2v) is 16.4. The molecule has 288 valence electrons. The van der Waals surface area contributed by atoms with E-state index in [1.807, 2.05) is 100 Å². The van der Waals surface area contributed by atoms with E-state index in [9.17, 15) is 0 Å². The minimum absolute atomic E-state index is 0. The quantitative estimate of drug-likeness (QED) is 0.123. The van der Waals surface area contributed by atoms with E-state index in [4.69, 9.17) is 16.6 Å². The Balaban J connectivity index is 0.00000484. The van der Waals surface area contributed by atoms with Crippen LogP contribution in [0.25, 0.3) is 81.3 Å². The number of aromatic nitrogens is 4. The van der Waals surface area contributed by atoms with E-state index in [-0.39, 0.29) is 56.2 Å². The molecule has 0 aliphatic carbocycles. The molecule has 0 aliphatic heterocycles. The van der Waals surface area contributed by atoms with Crippen LogP contribution < -0.4 is 9.30 Å². The summed E-state index contributed by atoms with van der Waals surface area (Å²) in [5, 5.41) is 4.02. The molecule has 0 atom stereocenters. The third kappa shape index (κ3) is 6.26. The summed E-state index contributed by atoms with van der Waals surface area (Å²) in [6, 6.07) is 47.4. The van der Waals surface area contributed by atoms with Crippen molar-refractivity contribution in [3.8, 4) is 39.8 Å². The fourth-order valence-electron chi connectivity index (χ4n) is 7.94. The maximum Gasteiger partial charge on any atom is 0.268 e. The average Bonchev–Trinajstić information content (AvgIpc) is 3.97. The van der Waals surface area contributed by atoms with Gasteiger partial charge in [0.25, 0.3) is 6.33 Å². The zero-order valence-electron chi connectivity index (χ0n) is 37.1. The van der Waals surface area contributed by atoms with Crippen LogP contribution in [0.2, 0.25) is 0 Å². The monoisotopic (exact) mass is 964 g/mol. The van der Waals surface area contributed by atoms with E-state index in [0.717, 1.165) is 58.8 Å². The van der Waals surface area contributed by atoms with Crippen LogP contribution in [0.5, 0.6) is 11.5 Å². The molecule has 7 heteroatoms. The molecule has 0 aliphatic rings. The van der Waals surface area contributed by atoms with E-state index in [1.54, 1.807) is 11.3 Å². The first-order valence-corrected chi connectivity index (χ1v) is 19.9. The van der Waals surface area contributed by atoms with Crippen molar-refractivity contribution in [3.05, 3.63) is 188 Å². The molecule has 59 heavy (non-hydrogen) atoms. The van der Waals surface area contributed by atoms with E-state index in [1.165, 1.54) is 5.56 Å². The van der Waals surface area contributed by atoms with E-state index < -0.39 is 6.04 Å². The maximum absolute atomic E-state index is 9.02. The topological polar surface area (TPSA) is 35.9 Å². The summed E-state index contributed by atoms with van der Waals surface area (Å²) in [7, 11) is 0. The Bertz CT molecular complexity index is 3650. The van der Waals surface area contributed by atoms with Crippen LogP contribution >= 0.6 is 11.3 Å². The first-order chi connectivity index (χ1) is 30.5. The summed E-state index contributed by atoms with van der Waals surface area (Å²) in [6.07, 6.45) is 5.47. The number of nitrogens with zero attached hydrogens (tertiary/aromatic N) is 4. The van der Waals surface area contributed by atoms with E-state index >= 15 is 0 Å². The summed E-state index contributed by atoms with van der Waals surface area (Å²) >= 11 is 1.64. The van der Waals surface area contributed by atoms with Crippen molar-refractivity contribution in [1.82, 2.24) is 14.1 Å². The number of rotatable bonds is 6. The predicted octanol–water partition coefficient (Wildman–Crippen LogP) is 12.9. The Morgan fingerprint density at radius 1 is 0.712 bits per heavy atom. The fourth-order valence-corrected chi connectivity index (χ4v) is 9.05. The van der Waals surface area contributed by atoms with Crippen molar-refractivity contribution in [2.75, 3.05) is 0 Å². The second-order valence-electron chi connectivity index (χ2n) is 15.3. The summed E-state index contributed by atoms with van der Waals surface area (Å²) in [6.45, 7) is 6.59. The van der Waals surface area contributed by atoms with Crippen LogP contribution in [-0.4, -0.2) is 14.1 Å². The van der Waals surface area contributed by atoms with Crippen molar-refractivity contribution in [1.29, 1.82) is 0 Å². The molecule has 0 bridgehead atoms. The molecule has 4 aromatic heterocycles. The largest absolute Gasteiger partial charge is 0.510 e. The van der Waals surface area contributed by atoms with Gasteiger partial charge in [0.2, 0.25) is 0 Å². The van der Waals surface area contributed by atoms with Crippen LogP contribution in [0.4, 0.5) is 0 Å². The number of ether oxygens (including phenoxy) is 1. The van der Waals surface area contributed by atoms with Crippen LogP contribution in [-0.2, 0) is 26.5 Å². The molecule has 0 saturated heterocycles. The van der Waals surface area contributed by atoms with Crippen LogP contribution in [0, 0.1) is 18.5 Å². The molecule has 0 unspecified atom stereocenters. The maximum atomic E-state index is 9.02. The van der Waals surface area contributed by atoms with Gasteiger partial charge in [0.1, 0.15) is 5.82 Å². The first-order valence-electron chi connectivity index (χ1n) is 21.6. The smallest absolute Gasteiger partial charge is 0.268 e. The third-order valence-electron chi connectivity index (χ3n) is 10.7. The summed E-state index contributed by atoms with van der Waals surface area (Å²) in [5.74, 6) is 1.80. The third-order valence-corrected chi connectivity index (χ3v) is 11.8. The first kappa shape index (κ1) is 31.6. The van der Waals surface area contributed by atoms with Gasteiger partial charge in [-0.1, -0.05) is 123 Å². The van der Waals surface area contributed by atoms with Gasteiger partial charge < -0.3 is 13.9 Å². The normalized spacial score (nSPS) is 13.0. The number of benzene rings is 7. The molecule has 0 fully saturated rings. The Hall–Kier alpha value is -6.33. The molecule has 7 aromatic carbocycles. The number of fused-ring (bicyclic) bond motifs is 7. The van der Waals surface area contributed by atoms with Gasteiger partial charge in [-0.3, -0.25) is 4.57 Å². The van der Waals surface area contributed by atoms with Gasteiger partial charge in [-0.2, -0.15) is 18.2 Å². The van der Waals surface area contributed by atoms with E-state index in [0.29, 0.717) is 28.4 Å². The van der Waals surface area contributed by atoms with Crippen molar-refractivity contribution in [2.24, 2.45) is 0 Å². The molecule has 0 radical (unpaired) electrons. The van der Waals surface area contributed by atoms with Gasteiger partial charge in [-0.25, -0.2) is 4.98 Å². The number of pyridine rings is 1.